The first-order chi connectivity index (χ1) is 8.72. The molecule has 0 spiro atoms. The lowest BCUT2D eigenvalue weighted by atomic mass is 10.3. The molecule has 0 bridgehead atoms. The Hall–Kier alpha value is -2.19. The largest absolute Gasteiger partial charge is 0.459 e. The summed E-state index contributed by atoms with van der Waals surface area (Å²) in [4.78, 5) is 14.3. The number of furan rings is 1. The minimum atomic E-state index is -0.208. The maximum atomic E-state index is 12.0. The number of hydrogen-bond acceptors (Lipinski definition) is 4. The molecule has 0 fully saturated rings. The van der Waals surface area contributed by atoms with Crippen LogP contribution in [-0.4, -0.2) is 13.0 Å². The van der Waals surface area contributed by atoms with Gasteiger partial charge >= 0.3 is 0 Å². The van der Waals surface area contributed by atoms with Gasteiger partial charge < -0.3 is 9.32 Å². The number of hydrogen-bond donors (Lipinski definition) is 0. The number of anilines is 1. The normalized spacial score (nSPS) is 9.78. The molecular formula is C13H10N2O2S. The van der Waals surface area contributed by atoms with Crippen molar-refractivity contribution >= 4 is 23.4 Å². The van der Waals surface area contributed by atoms with Crippen molar-refractivity contribution in [2.75, 3.05) is 11.9 Å². The SMILES string of the molecule is CN(C(=O)c1ccco1)c1ccc(SC#N)cc1. The molecule has 1 heterocycles. The van der Waals surface area contributed by atoms with Gasteiger partial charge in [-0.1, -0.05) is 0 Å². The maximum absolute atomic E-state index is 12.0. The Morgan fingerprint density at radius 3 is 2.61 bits per heavy atom. The van der Waals surface area contributed by atoms with Crippen LogP contribution in [0.2, 0.25) is 0 Å². The molecule has 1 aromatic carbocycles. The molecule has 2 aromatic rings. The van der Waals surface area contributed by atoms with Gasteiger partial charge in [-0.2, -0.15) is 5.26 Å². The van der Waals surface area contributed by atoms with Crippen molar-refractivity contribution in [2.45, 2.75) is 4.90 Å². The molecule has 1 aromatic heterocycles. The van der Waals surface area contributed by atoms with Crippen LogP contribution in [0.4, 0.5) is 5.69 Å². The van der Waals surface area contributed by atoms with E-state index in [1.807, 2.05) is 5.40 Å². The highest BCUT2D eigenvalue weighted by atomic mass is 32.2. The van der Waals surface area contributed by atoms with Gasteiger partial charge in [0.15, 0.2) is 5.76 Å². The third-order valence-corrected chi connectivity index (χ3v) is 3.02. The van der Waals surface area contributed by atoms with E-state index in [1.54, 1.807) is 43.4 Å². The molecular weight excluding hydrogens is 248 g/mol. The monoisotopic (exact) mass is 258 g/mol. The minimum absolute atomic E-state index is 0.208. The highest BCUT2D eigenvalue weighted by molar-refractivity contribution is 8.03. The van der Waals surface area contributed by atoms with E-state index in [9.17, 15) is 4.79 Å². The fraction of sp³-hybridized carbons (Fsp3) is 0.0769. The summed E-state index contributed by atoms with van der Waals surface area (Å²) in [7, 11) is 1.68. The molecule has 0 unspecified atom stereocenters. The summed E-state index contributed by atoms with van der Waals surface area (Å²) in [6.07, 6.45) is 1.47. The summed E-state index contributed by atoms with van der Waals surface area (Å²) in [5.41, 5.74) is 0.749. The van der Waals surface area contributed by atoms with E-state index >= 15 is 0 Å². The molecule has 90 valence electrons. The lowest BCUT2D eigenvalue weighted by Gasteiger charge is -2.15. The van der Waals surface area contributed by atoms with E-state index < -0.39 is 0 Å². The number of carbonyl (C=O) groups excluding carboxylic acids is 1. The van der Waals surface area contributed by atoms with Crippen LogP contribution in [0.25, 0.3) is 0 Å². The Kier molecular flexibility index (Phi) is 3.70. The van der Waals surface area contributed by atoms with Gasteiger partial charge in [0.05, 0.1) is 6.26 Å². The van der Waals surface area contributed by atoms with Crippen LogP contribution in [0.5, 0.6) is 0 Å². The number of nitrogens with zero attached hydrogens (tertiary/aromatic N) is 2. The predicted octanol–water partition coefficient (Wildman–Crippen LogP) is 3.13. The van der Waals surface area contributed by atoms with Gasteiger partial charge in [0, 0.05) is 17.6 Å². The number of thiocyanates is 1. The van der Waals surface area contributed by atoms with Crippen LogP contribution in [0.1, 0.15) is 10.6 Å². The fourth-order valence-corrected chi connectivity index (χ4v) is 1.85. The zero-order valence-electron chi connectivity index (χ0n) is 9.66. The highest BCUT2D eigenvalue weighted by Gasteiger charge is 2.15. The third-order valence-electron chi connectivity index (χ3n) is 2.42. The topological polar surface area (TPSA) is 57.2 Å². The molecule has 1 amide bonds. The Morgan fingerprint density at radius 2 is 2.06 bits per heavy atom. The Bertz CT molecular complexity index is 570. The molecule has 0 saturated heterocycles. The van der Waals surface area contributed by atoms with E-state index in [-0.39, 0.29) is 5.91 Å². The predicted molar refractivity (Wildman–Crippen MR) is 69.4 cm³/mol. The second kappa shape index (κ2) is 5.43. The van der Waals surface area contributed by atoms with Crippen LogP contribution in [0.15, 0.2) is 52.0 Å². The van der Waals surface area contributed by atoms with E-state index in [2.05, 4.69) is 0 Å². The molecule has 4 nitrogen and oxygen atoms in total. The first kappa shape index (κ1) is 12.3. The number of thioether (sulfide) groups is 1. The van der Waals surface area contributed by atoms with Crippen LogP contribution in [0.3, 0.4) is 0 Å². The second-order valence-electron chi connectivity index (χ2n) is 3.53. The van der Waals surface area contributed by atoms with Gasteiger partial charge in [0.25, 0.3) is 5.91 Å². The number of amides is 1. The molecule has 0 saturated carbocycles. The number of benzene rings is 1. The average molecular weight is 258 g/mol. The molecule has 0 aliphatic heterocycles. The lowest BCUT2D eigenvalue weighted by molar-refractivity contribution is 0.0966. The van der Waals surface area contributed by atoms with Crippen molar-refractivity contribution in [1.29, 1.82) is 5.26 Å². The van der Waals surface area contributed by atoms with Crippen LogP contribution >= 0.6 is 11.8 Å². The maximum Gasteiger partial charge on any atom is 0.293 e. The summed E-state index contributed by atoms with van der Waals surface area (Å²) in [5.74, 6) is 0.0914. The number of carbonyl (C=O) groups is 1. The Morgan fingerprint density at radius 1 is 1.33 bits per heavy atom. The zero-order valence-corrected chi connectivity index (χ0v) is 10.5. The van der Waals surface area contributed by atoms with E-state index in [0.717, 1.165) is 22.3 Å². The smallest absolute Gasteiger partial charge is 0.293 e. The van der Waals surface area contributed by atoms with Crippen molar-refractivity contribution in [1.82, 2.24) is 0 Å². The van der Waals surface area contributed by atoms with E-state index in [4.69, 9.17) is 9.68 Å². The summed E-state index contributed by atoms with van der Waals surface area (Å²) in [5, 5.41) is 10.5. The average Bonchev–Trinajstić information content (AvgIpc) is 2.92. The fourth-order valence-electron chi connectivity index (χ4n) is 1.47. The van der Waals surface area contributed by atoms with Gasteiger partial charge in [-0.15, -0.1) is 0 Å². The number of nitriles is 1. The molecule has 2 rings (SSSR count). The standard InChI is InChI=1S/C13H10N2O2S/c1-15(13(16)12-3-2-8-17-12)10-4-6-11(7-5-10)18-9-14/h2-8H,1H3. The third kappa shape index (κ3) is 2.55. The first-order valence-electron chi connectivity index (χ1n) is 5.20. The van der Waals surface area contributed by atoms with Gasteiger partial charge in [-0.05, 0) is 48.2 Å². The molecule has 18 heavy (non-hydrogen) atoms. The minimum Gasteiger partial charge on any atom is -0.459 e. The molecule has 0 aliphatic rings. The summed E-state index contributed by atoms with van der Waals surface area (Å²) < 4.78 is 5.06. The molecule has 0 aliphatic carbocycles. The van der Waals surface area contributed by atoms with E-state index in [0.29, 0.717) is 5.76 Å². The summed E-state index contributed by atoms with van der Waals surface area (Å²) in [6, 6.07) is 10.5. The Labute approximate surface area is 109 Å². The van der Waals surface area contributed by atoms with Crippen molar-refractivity contribution in [3.05, 3.63) is 48.4 Å². The van der Waals surface area contributed by atoms with E-state index in [1.165, 1.54) is 11.2 Å². The van der Waals surface area contributed by atoms with Gasteiger partial charge in [0.2, 0.25) is 0 Å². The molecule has 0 atom stereocenters. The molecule has 0 N–H and O–H groups in total. The van der Waals surface area contributed by atoms with Crippen LogP contribution < -0.4 is 4.90 Å². The summed E-state index contributed by atoms with van der Waals surface area (Å²) >= 11 is 1.09. The van der Waals surface area contributed by atoms with Gasteiger partial charge in [0.1, 0.15) is 5.40 Å². The van der Waals surface area contributed by atoms with Crippen molar-refractivity contribution < 1.29 is 9.21 Å². The number of rotatable bonds is 3. The summed E-state index contributed by atoms with van der Waals surface area (Å²) in [6.45, 7) is 0. The molecule has 0 radical (unpaired) electrons. The van der Waals surface area contributed by atoms with Crippen LogP contribution in [-0.2, 0) is 0 Å². The van der Waals surface area contributed by atoms with Gasteiger partial charge in [-0.3, -0.25) is 4.79 Å². The Balaban J connectivity index is 2.16. The van der Waals surface area contributed by atoms with Crippen molar-refractivity contribution in [3.8, 4) is 5.40 Å². The quantitative estimate of drug-likeness (QED) is 0.627. The first-order valence-corrected chi connectivity index (χ1v) is 6.01. The highest BCUT2D eigenvalue weighted by Crippen LogP contribution is 2.22. The molecule has 5 heteroatoms. The van der Waals surface area contributed by atoms with Crippen molar-refractivity contribution in [3.63, 3.8) is 0 Å². The van der Waals surface area contributed by atoms with Gasteiger partial charge in [-0.25, -0.2) is 0 Å². The second-order valence-corrected chi connectivity index (χ2v) is 4.39. The van der Waals surface area contributed by atoms with Crippen LogP contribution in [0, 0.1) is 10.7 Å². The zero-order chi connectivity index (χ0) is 13.0. The lowest BCUT2D eigenvalue weighted by Crippen LogP contribution is -2.25. The van der Waals surface area contributed by atoms with Crippen molar-refractivity contribution in [2.24, 2.45) is 0 Å².